The van der Waals surface area contributed by atoms with Crippen molar-refractivity contribution in [3.05, 3.63) is 46.3 Å². The van der Waals surface area contributed by atoms with E-state index in [1.54, 1.807) is 0 Å². The lowest BCUT2D eigenvalue weighted by atomic mass is 10.2. The maximum absolute atomic E-state index is 13.0. The maximum Gasteiger partial charge on any atom is 0.305 e. The molecule has 1 aromatic carbocycles. The molecule has 0 radical (unpaired) electrons. The third-order valence-corrected chi connectivity index (χ3v) is 1.42. The van der Waals surface area contributed by atoms with Crippen molar-refractivity contribution < 1.29 is 9.31 Å². The van der Waals surface area contributed by atoms with Crippen LogP contribution < -0.4 is 0 Å². The van der Waals surface area contributed by atoms with Crippen molar-refractivity contribution in [2.45, 2.75) is 0 Å². The van der Waals surface area contributed by atoms with Crippen LogP contribution in [0.15, 0.2) is 24.8 Å². The van der Waals surface area contributed by atoms with Crippen LogP contribution in [-0.2, 0) is 0 Å². The Kier molecular flexibility index (Phi) is 2.19. The molecule has 62 valence electrons. The Balaban J connectivity index is 3.32. The van der Waals surface area contributed by atoms with Crippen molar-refractivity contribution in [2.75, 3.05) is 0 Å². The van der Waals surface area contributed by atoms with Crippen molar-refractivity contribution in [2.24, 2.45) is 0 Å². The molecule has 3 nitrogen and oxygen atoms in total. The first-order valence-corrected chi connectivity index (χ1v) is 3.22. The molecule has 0 fully saturated rings. The zero-order valence-electron chi connectivity index (χ0n) is 6.16. The second-order valence-corrected chi connectivity index (χ2v) is 2.14. The first kappa shape index (κ1) is 8.39. The Labute approximate surface area is 68.3 Å². The second-order valence-electron chi connectivity index (χ2n) is 2.14. The number of hydrogen-bond acceptors (Lipinski definition) is 2. The Hall–Kier alpha value is -1.71. The summed E-state index contributed by atoms with van der Waals surface area (Å²) < 4.78 is 13.0. The number of benzene rings is 1. The monoisotopic (exact) mass is 167 g/mol. The molecular weight excluding hydrogens is 161 g/mol. The molecule has 0 aliphatic carbocycles. The Morgan fingerprint density at radius 3 is 2.75 bits per heavy atom. The van der Waals surface area contributed by atoms with Gasteiger partial charge in [-0.2, -0.15) is 4.39 Å². The number of nitro groups is 1. The summed E-state index contributed by atoms with van der Waals surface area (Å²) in [5.74, 6) is -0.836. The van der Waals surface area contributed by atoms with Crippen molar-refractivity contribution in [1.82, 2.24) is 0 Å². The van der Waals surface area contributed by atoms with E-state index in [-0.39, 0.29) is 5.56 Å². The maximum atomic E-state index is 13.0. The summed E-state index contributed by atoms with van der Waals surface area (Å²) in [6.07, 6.45) is 1.24. The number of rotatable bonds is 2. The number of nitrogens with zero attached hydrogens (tertiary/aromatic N) is 1. The van der Waals surface area contributed by atoms with E-state index in [0.29, 0.717) is 0 Å². The molecule has 1 aromatic rings. The molecule has 4 heteroatoms. The van der Waals surface area contributed by atoms with Gasteiger partial charge in [-0.15, -0.1) is 0 Å². The fourth-order valence-electron chi connectivity index (χ4n) is 0.836. The third kappa shape index (κ3) is 1.32. The van der Waals surface area contributed by atoms with Crippen LogP contribution in [0.1, 0.15) is 5.56 Å². The first-order valence-electron chi connectivity index (χ1n) is 3.22. The molecule has 0 amide bonds. The molecule has 0 bridgehead atoms. The Morgan fingerprint density at radius 2 is 2.25 bits per heavy atom. The van der Waals surface area contributed by atoms with E-state index in [4.69, 9.17) is 0 Å². The van der Waals surface area contributed by atoms with Gasteiger partial charge in [0, 0.05) is 11.6 Å². The zero-order valence-corrected chi connectivity index (χ0v) is 6.16. The summed E-state index contributed by atoms with van der Waals surface area (Å²) in [6.45, 7) is 3.33. The van der Waals surface area contributed by atoms with Gasteiger partial charge in [-0.05, 0) is 0 Å². The van der Waals surface area contributed by atoms with Gasteiger partial charge in [-0.1, -0.05) is 24.8 Å². The summed E-state index contributed by atoms with van der Waals surface area (Å²) in [5, 5.41) is 10.2. The minimum atomic E-state index is -0.836. The highest BCUT2D eigenvalue weighted by Gasteiger charge is 2.14. The van der Waals surface area contributed by atoms with Crippen LogP contribution in [0.4, 0.5) is 10.1 Å². The van der Waals surface area contributed by atoms with Gasteiger partial charge in [0.15, 0.2) is 0 Å². The molecule has 0 aromatic heterocycles. The van der Waals surface area contributed by atoms with Crippen LogP contribution in [0.5, 0.6) is 0 Å². The van der Waals surface area contributed by atoms with Crippen LogP contribution in [-0.4, -0.2) is 4.92 Å². The topological polar surface area (TPSA) is 43.1 Å². The fraction of sp³-hybridized carbons (Fsp3) is 0. The predicted molar refractivity (Wildman–Crippen MR) is 43.1 cm³/mol. The van der Waals surface area contributed by atoms with E-state index >= 15 is 0 Å². The van der Waals surface area contributed by atoms with Gasteiger partial charge in [-0.3, -0.25) is 10.1 Å². The molecule has 0 atom stereocenters. The van der Waals surface area contributed by atoms with Crippen LogP contribution in [0, 0.1) is 15.9 Å². The predicted octanol–water partition coefficient (Wildman–Crippen LogP) is 2.38. The molecule has 0 heterocycles. The summed E-state index contributed by atoms with van der Waals surface area (Å²) in [7, 11) is 0. The van der Waals surface area contributed by atoms with Crippen LogP contribution in [0.2, 0.25) is 0 Å². The molecule has 0 aliphatic heterocycles. The van der Waals surface area contributed by atoms with E-state index in [2.05, 4.69) is 6.58 Å². The van der Waals surface area contributed by atoms with Gasteiger partial charge in [0.25, 0.3) is 0 Å². The van der Waals surface area contributed by atoms with Gasteiger partial charge >= 0.3 is 5.69 Å². The lowest BCUT2D eigenvalue weighted by Gasteiger charge is -1.96. The molecule has 0 aliphatic rings. The van der Waals surface area contributed by atoms with E-state index < -0.39 is 16.4 Å². The van der Waals surface area contributed by atoms with Gasteiger partial charge in [0.2, 0.25) is 5.82 Å². The van der Waals surface area contributed by atoms with Crippen LogP contribution in [0.25, 0.3) is 6.08 Å². The fourth-order valence-corrected chi connectivity index (χ4v) is 0.836. The van der Waals surface area contributed by atoms with E-state index in [9.17, 15) is 14.5 Å². The summed E-state index contributed by atoms with van der Waals surface area (Å²) >= 11 is 0. The normalized spacial score (nSPS) is 9.42. The van der Waals surface area contributed by atoms with E-state index in [0.717, 1.165) is 6.07 Å². The molecule has 0 unspecified atom stereocenters. The highest BCUT2D eigenvalue weighted by Crippen LogP contribution is 2.20. The van der Waals surface area contributed by atoms with E-state index in [1.807, 2.05) is 0 Å². The molecule has 0 N–H and O–H groups in total. The van der Waals surface area contributed by atoms with Crippen molar-refractivity contribution in [1.29, 1.82) is 0 Å². The highest BCUT2D eigenvalue weighted by molar-refractivity contribution is 5.52. The number of hydrogen-bond donors (Lipinski definition) is 0. The highest BCUT2D eigenvalue weighted by atomic mass is 19.1. The standard InChI is InChI=1S/C8H6FNO2/c1-2-6-4-3-5-7(8(6)9)10(11)12/h2-5H,1H2. The molecule has 0 saturated heterocycles. The average Bonchev–Trinajstić information content (AvgIpc) is 2.04. The van der Waals surface area contributed by atoms with Crippen LogP contribution >= 0.6 is 0 Å². The van der Waals surface area contributed by atoms with Crippen LogP contribution in [0.3, 0.4) is 0 Å². The molecule has 0 spiro atoms. The number of nitro benzene ring substituents is 1. The smallest absolute Gasteiger partial charge is 0.258 e. The van der Waals surface area contributed by atoms with Crippen molar-refractivity contribution in [3.8, 4) is 0 Å². The zero-order chi connectivity index (χ0) is 9.14. The Morgan fingerprint density at radius 1 is 1.58 bits per heavy atom. The minimum absolute atomic E-state index is 0.143. The van der Waals surface area contributed by atoms with Crippen molar-refractivity contribution >= 4 is 11.8 Å². The molecule has 1 rings (SSSR count). The largest absolute Gasteiger partial charge is 0.305 e. The lowest BCUT2D eigenvalue weighted by Crippen LogP contribution is -1.93. The summed E-state index contributed by atoms with van der Waals surface area (Å²) in [5.41, 5.74) is -0.378. The Bertz CT molecular complexity index is 336. The van der Waals surface area contributed by atoms with Crippen molar-refractivity contribution in [3.63, 3.8) is 0 Å². The SMILES string of the molecule is C=Cc1cccc([N+](=O)[O-])c1F. The third-order valence-electron chi connectivity index (χ3n) is 1.42. The molecular formula is C8H6FNO2. The van der Waals surface area contributed by atoms with Gasteiger partial charge in [0.1, 0.15) is 0 Å². The summed E-state index contributed by atoms with van der Waals surface area (Å²) in [4.78, 5) is 9.46. The number of halogens is 1. The molecule has 0 saturated carbocycles. The van der Waals surface area contributed by atoms with Gasteiger partial charge in [0.05, 0.1) is 4.92 Å². The van der Waals surface area contributed by atoms with Gasteiger partial charge < -0.3 is 0 Å². The first-order chi connectivity index (χ1) is 5.66. The lowest BCUT2D eigenvalue weighted by molar-refractivity contribution is -0.387. The second kappa shape index (κ2) is 3.13. The minimum Gasteiger partial charge on any atom is -0.258 e. The average molecular weight is 167 g/mol. The van der Waals surface area contributed by atoms with E-state index in [1.165, 1.54) is 18.2 Å². The van der Waals surface area contributed by atoms with Gasteiger partial charge in [-0.25, -0.2) is 0 Å². The summed E-state index contributed by atoms with van der Waals surface area (Å²) in [6, 6.07) is 3.95. The molecule has 12 heavy (non-hydrogen) atoms. The quantitative estimate of drug-likeness (QED) is 0.501.